The summed E-state index contributed by atoms with van der Waals surface area (Å²) in [5.41, 5.74) is -0.579. The van der Waals surface area contributed by atoms with Crippen LogP contribution in [-0.4, -0.2) is 35.1 Å². The molecular weight excluding hydrogens is 322 g/mol. The number of ether oxygens (including phenoxy) is 1. The third kappa shape index (κ3) is 5.17. The number of rotatable bonds is 7. The van der Waals surface area contributed by atoms with Crippen LogP contribution >= 0.6 is 0 Å². The van der Waals surface area contributed by atoms with Crippen LogP contribution in [0, 0.1) is 0 Å². The predicted octanol–water partition coefficient (Wildman–Crippen LogP) is 2.05. The van der Waals surface area contributed by atoms with E-state index in [1.807, 2.05) is 6.07 Å². The van der Waals surface area contributed by atoms with Crippen LogP contribution in [0.3, 0.4) is 0 Å². The van der Waals surface area contributed by atoms with E-state index in [9.17, 15) is 19.5 Å². The fraction of sp³-hybridized carbons (Fsp3) is 0.211. The molecule has 0 aliphatic carbocycles. The lowest BCUT2D eigenvalue weighted by atomic mass is 9.96. The molecule has 1 atom stereocenters. The van der Waals surface area contributed by atoms with Crippen LogP contribution in [0.1, 0.15) is 22.8 Å². The number of hydrogen-bond acceptors (Lipinski definition) is 4. The molecule has 2 aromatic carbocycles. The number of carboxylic acid groups (broad SMARTS) is 1. The number of aliphatic carboxylic acids is 1. The number of esters is 1. The van der Waals surface area contributed by atoms with Gasteiger partial charge in [0.1, 0.15) is 6.54 Å². The van der Waals surface area contributed by atoms with Gasteiger partial charge in [-0.3, -0.25) is 9.59 Å². The molecule has 0 aromatic heterocycles. The van der Waals surface area contributed by atoms with Gasteiger partial charge in [-0.05, 0) is 24.6 Å². The van der Waals surface area contributed by atoms with Gasteiger partial charge < -0.3 is 15.2 Å². The van der Waals surface area contributed by atoms with Gasteiger partial charge in [0.15, 0.2) is 0 Å². The van der Waals surface area contributed by atoms with Gasteiger partial charge in [-0.25, -0.2) is 4.79 Å². The van der Waals surface area contributed by atoms with E-state index in [0.29, 0.717) is 5.56 Å². The number of carboxylic acids is 1. The Kier molecular flexibility index (Phi) is 5.89. The van der Waals surface area contributed by atoms with Crippen molar-refractivity contribution in [2.45, 2.75) is 18.9 Å². The summed E-state index contributed by atoms with van der Waals surface area (Å²) >= 11 is 0. The average Bonchev–Trinajstić information content (AvgIpc) is 2.61. The Balaban J connectivity index is 1.96. The Morgan fingerprint density at radius 1 is 1.00 bits per heavy atom. The number of nitrogens with one attached hydrogen (secondary N) is 1. The third-order valence-electron chi connectivity index (χ3n) is 3.61. The second-order valence-electron chi connectivity index (χ2n) is 5.72. The molecule has 6 nitrogen and oxygen atoms in total. The van der Waals surface area contributed by atoms with Crippen LogP contribution < -0.4 is 5.32 Å². The Hall–Kier alpha value is -3.15. The molecule has 0 aliphatic heterocycles. The summed E-state index contributed by atoms with van der Waals surface area (Å²) in [6, 6.07) is 17.3. The van der Waals surface area contributed by atoms with Crippen LogP contribution in [0.2, 0.25) is 0 Å². The van der Waals surface area contributed by atoms with Crippen molar-refractivity contribution >= 4 is 17.8 Å². The molecule has 6 heteroatoms. The molecule has 0 heterocycles. The van der Waals surface area contributed by atoms with Gasteiger partial charge in [-0.2, -0.15) is 0 Å². The van der Waals surface area contributed by atoms with Crippen molar-refractivity contribution in [3.63, 3.8) is 0 Å². The van der Waals surface area contributed by atoms with E-state index >= 15 is 0 Å². The minimum Gasteiger partial charge on any atom is -0.478 e. The average molecular weight is 341 g/mol. The van der Waals surface area contributed by atoms with Crippen LogP contribution in [0.15, 0.2) is 60.7 Å². The lowest BCUT2D eigenvalue weighted by Gasteiger charge is -2.25. The van der Waals surface area contributed by atoms with Gasteiger partial charge in [0, 0.05) is 12.0 Å². The summed E-state index contributed by atoms with van der Waals surface area (Å²) in [6.45, 7) is 0.921. The molecule has 2 aromatic rings. The summed E-state index contributed by atoms with van der Waals surface area (Å²) in [5, 5.41) is 11.9. The zero-order valence-corrected chi connectivity index (χ0v) is 13.8. The highest BCUT2D eigenvalue weighted by molar-refractivity contribution is 5.96. The molecule has 0 radical (unpaired) electrons. The largest absolute Gasteiger partial charge is 0.478 e. The van der Waals surface area contributed by atoms with E-state index in [2.05, 4.69) is 5.32 Å². The first-order chi connectivity index (χ1) is 11.9. The third-order valence-corrected chi connectivity index (χ3v) is 3.61. The smallest absolute Gasteiger partial charge is 0.348 e. The minimum atomic E-state index is -1.71. The first-order valence-corrected chi connectivity index (χ1v) is 7.73. The van der Waals surface area contributed by atoms with Gasteiger partial charge in [-0.1, -0.05) is 48.5 Å². The highest BCUT2D eigenvalue weighted by Gasteiger charge is 2.37. The zero-order chi connectivity index (χ0) is 18.3. The van der Waals surface area contributed by atoms with E-state index in [-0.39, 0.29) is 6.42 Å². The second-order valence-corrected chi connectivity index (χ2v) is 5.72. The first-order valence-electron chi connectivity index (χ1n) is 7.73. The minimum absolute atomic E-state index is 0.0293. The molecule has 0 fully saturated rings. The molecule has 130 valence electrons. The van der Waals surface area contributed by atoms with Crippen LogP contribution in [0.5, 0.6) is 0 Å². The van der Waals surface area contributed by atoms with Gasteiger partial charge in [-0.15, -0.1) is 0 Å². The lowest BCUT2D eigenvalue weighted by Crippen LogP contribution is -2.44. The molecule has 0 spiro atoms. The number of hydrogen-bond donors (Lipinski definition) is 2. The fourth-order valence-electron chi connectivity index (χ4n) is 2.27. The second kappa shape index (κ2) is 8.10. The van der Waals surface area contributed by atoms with Crippen LogP contribution in [0.4, 0.5) is 0 Å². The van der Waals surface area contributed by atoms with E-state index in [0.717, 1.165) is 5.56 Å². The van der Waals surface area contributed by atoms with Crippen molar-refractivity contribution in [2.75, 3.05) is 6.54 Å². The Labute approximate surface area is 145 Å². The SMILES string of the molecule is CC(Cc1ccccc1)(OC(=O)CNC(=O)c1ccccc1)C(=O)O. The summed E-state index contributed by atoms with van der Waals surface area (Å²) in [6.07, 6.45) is 0.0293. The number of carbonyl (C=O) groups is 3. The van der Waals surface area contributed by atoms with Crippen molar-refractivity contribution in [1.29, 1.82) is 0 Å². The van der Waals surface area contributed by atoms with Gasteiger partial charge in [0.05, 0.1) is 0 Å². The molecule has 0 saturated heterocycles. The fourth-order valence-corrected chi connectivity index (χ4v) is 2.27. The highest BCUT2D eigenvalue weighted by Crippen LogP contribution is 2.18. The van der Waals surface area contributed by atoms with E-state index < -0.39 is 30.0 Å². The standard InChI is InChI=1S/C19H19NO5/c1-19(18(23)24,12-14-8-4-2-5-9-14)25-16(21)13-20-17(22)15-10-6-3-7-11-15/h2-11H,12-13H2,1H3,(H,20,22)(H,23,24). The molecule has 2 rings (SSSR count). The van der Waals surface area contributed by atoms with E-state index in [4.69, 9.17) is 4.74 Å². The van der Waals surface area contributed by atoms with Crippen molar-refractivity contribution in [1.82, 2.24) is 5.32 Å². The summed E-state index contributed by atoms with van der Waals surface area (Å²) in [7, 11) is 0. The van der Waals surface area contributed by atoms with Crippen molar-refractivity contribution < 1.29 is 24.2 Å². The summed E-state index contributed by atoms with van der Waals surface area (Å²) in [5.74, 6) is -2.50. The predicted molar refractivity (Wildman–Crippen MR) is 91.1 cm³/mol. The molecule has 2 N–H and O–H groups in total. The van der Waals surface area contributed by atoms with E-state index in [1.54, 1.807) is 54.6 Å². The van der Waals surface area contributed by atoms with Gasteiger partial charge >= 0.3 is 11.9 Å². The number of benzene rings is 2. The van der Waals surface area contributed by atoms with Crippen molar-refractivity contribution in [2.24, 2.45) is 0 Å². The maximum Gasteiger partial charge on any atom is 0.348 e. The molecule has 25 heavy (non-hydrogen) atoms. The first kappa shape index (κ1) is 18.2. The molecule has 0 bridgehead atoms. The van der Waals surface area contributed by atoms with E-state index in [1.165, 1.54) is 6.92 Å². The Bertz CT molecular complexity index is 745. The maximum absolute atomic E-state index is 12.0. The summed E-state index contributed by atoms with van der Waals surface area (Å²) < 4.78 is 5.14. The van der Waals surface area contributed by atoms with Crippen molar-refractivity contribution in [3.8, 4) is 0 Å². The lowest BCUT2D eigenvalue weighted by molar-refractivity contribution is -0.175. The molecular formula is C19H19NO5. The summed E-state index contributed by atoms with van der Waals surface area (Å²) in [4.78, 5) is 35.4. The van der Waals surface area contributed by atoms with Crippen LogP contribution in [-0.2, 0) is 20.7 Å². The monoisotopic (exact) mass is 341 g/mol. The number of carbonyl (C=O) groups excluding carboxylic acids is 2. The maximum atomic E-state index is 12.0. The normalized spacial score (nSPS) is 12.7. The molecule has 0 aliphatic rings. The van der Waals surface area contributed by atoms with Gasteiger partial charge in [0.2, 0.25) is 5.60 Å². The Morgan fingerprint density at radius 2 is 1.56 bits per heavy atom. The topological polar surface area (TPSA) is 92.7 Å². The quantitative estimate of drug-likeness (QED) is 0.752. The molecule has 0 saturated carbocycles. The zero-order valence-electron chi connectivity index (χ0n) is 13.8. The molecule has 1 amide bonds. The van der Waals surface area contributed by atoms with Gasteiger partial charge in [0.25, 0.3) is 5.91 Å². The number of amides is 1. The van der Waals surface area contributed by atoms with Crippen LogP contribution in [0.25, 0.3) is 0 Å². The van der Waals surface area contributed by atoms with Crippen molar-refractivity contribution in [3.05, 3.63) is 71.8 Å². The highest BCUT2D eigenvalue weighted by atomic mass is 16.6. The molecule has 1 unspecified atom stereocenters. The Morgan fingerprint density at radius 3 is 2.12 bits per heavy atom.